The Balaban J connectivity index is 0.00000341. The Morgan fingerprint density at radius 2 is 1.74 bits per heavy atom. The number of β-amino-alcohol motifs (C(OH)–C–C–N with tert-alkyl or cyclic N) is 1. The number of aliphatic imine (C=N–C) groups is 1. The van der Waals surface area contributed by atoms with Crippen LogP contribution in [0.15, 0.2) is 35.3 Å². The van der Waals surface area contributed by atoms with E-state index in [1.807, 2.05) is 6.92 Å². The van der Waals surface area contributed by atoms with Gasteiger partial charge in [0, 0.05) is 51.4 Å². The standard InChI is InChI=1S/C23H38N4O3.HI/c1-3-24-21(25-17-22(2,28)19-27-11-15-30-16-12-27)26-18-23(9-13-29-14-10-23)20-7-5-4-6-8-20;/h4-8,28H,3,9-19H2,1-2H3,(H2,24,25,26);1H. The minimum absolute atomic E-state index is 0. The zero-order chi connectivity index (χ0) is 21.3. The average molecular weight is 546 g/mol. The maximum Gasteiger partial charge on any atom is 0.191 e. The Hall–Kier alpha value is -0.940. The second kappa shape index (κ2) is 12.9. The topological polar surface area (TPSA) is 78.4 Å². The first-order chi connectivity index (χ1) is 14.5. The van der Waals surface area contributed by atoms with Gasteiger partial charge in [0.2, 0.25) is 0 Å². The first-order valence-electron chi connectivity index (χ1n) is 11.2. The van der Waals surface area contributed by atoms with Gasteiger partial charge in [-0.2, -0.15) is 0 Å². The van der Waals surface area contributed by atoms with E-state index < -0.39 is 5.60 Å². The van der Waals surface area contributed by atoms with Crippen LogP contribution in [0.3, 0.4) is 0 Å². The molecule has 0 amide bonds. The third-order valence-electron chi connectivity index (χ3n) is 6.02. The number of ether oxygens (including phenoxy) is 2. The predicted molar refractivity (Wildman–Crippen MR) is 135 cm³/mol. The van der Waals surface area contributed by atoms with E-state index in [4.69, 9.17) is 14.5 Å². The van der Waals surface area contributed by atoms with Crippen LogP contribution in [0.4, 0.5) is 0 Å². The number of benzene rings is 1. The molecule has 0 aliphatic carbocycles. The van der Waals surface area contributed by atoms with E-state index in [0.29, 0.717) is 13.1 Å². The van der Waals surface area contributed by atoms with E-state index in [1.54, 1.807) is 0 Å². The van der Waals surface area contributed by atoms with Gasteiger partial charge in [-0.15, -0.1) is 24.0 Å². The van der Waals surface area contributed by atoms with Gasteiger partial charge >= 0.3 is 0 Å². The molecular formula is C23H39IN4O3. The molecule has 0 aromatic heterocycles. The van der Waals surface area contributed by atoms with Crippen LogP contribution in [-0.4, -0.2) is 87.3 Å². The summed E-state index contributed by atoms with van der Waals surface area (Å²) < 4.78 is 11.0. The Bertz CT molecular complexity index is 660. The second-order valence-corrected chi connectivity index (χ2v) is 8.69. The third kappa shape index (κ3) is 8.16. The van der Waals surface area contributed by atoms with Gasteiger partial charge in [0.05, 0.1) is 25.4 Å². The summed E-state index contributed by atoms with van der Waals surface area (Å²) in [4.78, 5) is 6.96. The quantitative estimate of drug-likeness (QED) is 0.263. The highest BCUT2D eigenvalue weighted by atomic mass is 127. The van der Waals surface area contributed by atoms with Crippen LogP contribution in [0.5, 0.6) is 0 Å². The number of hydrogen-bond donors (Lipinski definition) is 3. The summed E-state index contributed by atoms with van der Waals surface area (Å²) in [6.07, 6.45) is 1.97. The zero-order valence-corrected chi connectivity index (χ0v) is 21.3. The van der Waals surface area contributed by atoms with E-state index in [9.17, 15) is 5.11 Å². The summed E-state index contributed by atoms with van der Waals surface area (Å²) in [5.41, 5.74) is 0.498. The molecule has 7 nitrogen and oxygen atoms in total. The van der Waals surface area contributed by atoms with E-state index >= 15 is 0 Å². The molecule has 3 N–H and O–H groups in total. The fourth-order valence-corrected chi connectivity index (χ4v) is 4.26. The molecule has 1 aromatic carbocycles. The minimum atomic E-state index is -0.879. The number of nitrogens with zero attached hydrogens (tertiary/aromatic N) is 2. The number of rotatable bonds is 8. The molecule has 2 aliphatic rings. The van der Waals surface area contributed by atoms with Gasteiger partial charge in [-0.3, -0.25) is 9.89 Å². The van der Waals surface area contributed by atoms with Gasteiger partial charge in [-0.05, 0) is 32.3 Å². The van der Waals surface area contributed by atoms with Crippen LogP contribution in [0.2, 0.25) is 0 Å². The normalized spacial score (nSPS) is 21.6. The number of nitrogens with one attached hydrogen (secondary N) is 2. The van der Waals surface area contributed by atoms with Crippen molar-refractivity contribution in [3.63, 3.8) is 0 Å². The molecular weight excluding hydrogens is 507 g/mol. The number of guanidine groups is 1. The summed E-state index contributed by atoms with van der Waals surface area (Å²) >= 11 is 0. The van der Waals surface area contributed by atoms with Crippen molar-refractivity contribution in [3.8, 4) is 0 Å². The van der Waals surface area contributed by atoms with Crippen molar-refractivity contribution < 1.29 is 14.6 Å². The van der Waals surface area contributed by atoms with Gasteiger partial charge in [-0.1, -0.05) is 30.3 Å². The van der Waals surface area contributed by atoms with Crippen LogP contribution < -0.4 is 10.6 Å². The van der Waals surface area contributed by atoms with Crippen molar-refractivity contribution in [2.24, 2.45) is 4.99 Å². The van der Waals surface area contributed by atoms with Crippen LogP contribution in [0, 0.1) is 0 Å². The summed E-state index contributed by atoms with van der Waals surface area (Å²) in [5.74, 6) is 0.751. The molecule has 0 spiro atoms. The predicted octanol–water partition coefficient (Wildman–Crippen LogP) is 1.99. The maximum absolute atomic E-state index is 10.9. The van der Waals surface area contributed by atoms with Crippen LogP contribution in [-0.2, 0) is 14.9 Å². The molecule has 176 valence electrons. The Morgan fingerprint density at radius 3 is 2.39 bits per heavy atom. The SMILES string of the molecule is CCNC(=NCC(C)(O)CN1CCOCC1)NCC1(c2ccccc2)CCOCC1.I. The van der Waals surface area contributed by atoms with Crippen molar-refractivity contribution in [2.75, 3.05) is 65.7 Å². The fourth-order valence-electron chi connectivity index (χ4n) is 4.26. The number of hydrogen-bond acceptors (Lipinski definition) is 5. The first-order valence-corrected chi connectivity index (χ1v) is 11.2. The molecule has 2 saturated heterocycles. The van der Waals surface area contributed by atoms with Crippen molar-refractivity contribution in [3.05, 3.63) is 35.9 Å². The Labute approximate surface area is 204 Å². The van der Waals surface area contributed by atoms with E-state index in [0.717, 1.165) is 71.4 Å². The third-order valence-corrected chi connectivity index (χ3v) is 6.02. The van der Waals surface area contributed by atoms with Crippen molar-refractivity contribution in [1.29, 1.82) is 0 Å². The summed E-state index contributed by atoms with van der Waals surface area (Å²) in [7, 11) is 0. The minimum Gasteiger partial charge on any atom is -0.387 e. The molecule has 1 aromatic rings. The molecule has 8 heteroatoms. The lowest BCUT2D eigenvalue weighted by Gasteiger charge is -2.38. The molecule has 2 aliphatic heterocycles. The highest BCUT2D eigenvalue weighted by molar-refractivity contribution is 14.0. The summed E-state index contributed by atoms with van der Waals surface area (Å²) in [6, 6.07) is 10.7. The largest absolute Gasteiger partial charge is 0.387 e. The average Bonchev–Trinajstić information content (AvgIpc) is 2.77. The molecule has 1 unspecified atom stereocenters. The Morgan fingerprint density at radius 1 is 1.10 bits per heavy atom. The van der Waals surface area contributed by atoms with Gasteiger partial charge < -0.3 is 25.2 Å². The summed E-state index contributed by atoms with van der Waals surface area (Å²) in [6.45, 7) is 11.2. The van der Waals surface area contributed by atoms with Gasteiger partial charge in [-0.25, -0.2) is 0 Å². The fraction of sp³-hybridized carbons (Fsp3) is 0.696. The smallest absolute Gasteiger partial charge is 0.191 e. The summed E-state index contributed by atoms with van der Waals surface area (Å²) in [5, 5.41) is 17.7. The van der Waals surface area contributed by atoms with Gasteiger partial charge in [0.25, 0.3) is 0 Å². The molecule has 2 heterocycles. The monoisotopic (exact) mass is 546 g/mol. The van der Waals surface area contributed by atoms with Crippen LogP contribution >= 0.6 is 24.0 Å². The second-order valence-electron chi connectivity index (χ2n) is 8.69. The van der Waals surface area contributed by atoms with Gasteiger partial charge in [0.15, 0.2) is 5.96 Å². The Kier molecular flexibility index (Phi) is 11.0. The molecule has 0 saturated carbocycles. The molecule has 31 heavy (non-hydrogen) atoms. The van der Waals surface area contributed by atoms with Crippen molar-refractivity contribution in [2.45, 2.75) is 37.7 Å². The van der Waals surface area contributed by atoms with Gasteiger partial charge in [0.1, 0.15) is 0 Å². The lowest BCUT2D eigenvalue weighted by molar-refractivity contribution is -0.0180. The number of halogens is 1. The maximum atomic E-state index is 10.9. The lowest BCUT2D eigenvalue weighted by Crippen LogP contribution is -2.50. The molecule has 0 radical (unpaired) electrons. The molecule has 1 atom stereocenters. The first kappa shape index (κ1) is 26.3. The molecule has 0 bridgehead atoms. The molecule has 2 fully saturated rings. The van der Waals surface area contributed by atoms with Crippen molar-refractivity contribution in [1.82, 2.24) is 15.5 Å². The number of morpholine rings is 1. The van der Waals surface area contributed by atoms with E-state index in [2.05, 4.69) is 52.8 Å². The lowest BCUT2D eigenvalue weighted by atomic mass is 9.74. The molecule has 3 rings (SSSR count). The van der Waals surface area contributed by atoms with E-state index in [-0.39, 0.29) is 29.4 Å². The van der Waals surface area contributed by atoms with E-state index in [1.165, 1.54) is 5.56 Å². The number of aliphatic hydroxyl groups is 1. The van der Waals surface area contributed by atoms with Crippen LogP contribution in [0.25, 0.3) is 0 Å². The van der Waals surface area contributed by atoms with Crippen LogP contribution in [0.1, 0.15) is 32.3 Å². The zero-order valence-electron chi connectivity index (χ0n) is 18.9. The highest BCUT2D eigenvalue weighted by Gasteiger charge is 2.34. The highest BCUT2D eigenvalue weighted by Crippen LogP contribution is 2.34. The van der Waals surface area contributed by atoms with Crippen molar-refractivity contribution >= 4 is 29.9 Å².